The van der Waals surface area contributed by atoms with Crippen LogP contribution >= 0.6 is 0 Å². The molecule has 34 heavy (non-hydrogen) atoms. The summed E-state index contributed by atoms with van der Waals surface area (Å²) >= 11 is 0. The number of Topliss-reactive ketones (excluding diaryl/α,β-unsaturated/α-hetero) is 1. The van der Waals surface area contributed by atoms with Gasteiger partial charge in [0.05, 0.1) is 18.1 Å². The summed E-state index contributed by atoms with van der Waals surface area (Å²) in [5.74, 6) is 0.418. The number of carbonyl (C=O) groups is 2. The third-order valence-corrected chi connectivity index (χ3v) is 7.58. The second-order valence-corrected chi connectivity index (χ2v) is 10.1. The predicted octanol–water partition coefficient (Wildman–Crippen LogP) is 3.84. The Labute approximate surface area is 200 Å². The molecule has 1 amide bonds. The van der Waals surface area contributed by atoms with Gasteiger partial charge in [-0.1, -0.05) is 6.92 Å². The quantitative estimate of drug-likeness (QED) is 0.620. The van der Waals surface area contributed by atoms with Gasteiger partial charge in [-0.05, 0) is 57.2 Å². The number of nitrogens with one attached hydrogen (secondary N) is 2. The minimum atomic E-state index is -0.513. The van der Waals surface area contributed by atoms with Crippen LogP contribution in [0.25, 0.3) is 11.0 Å². The first-order chi connectivity index (χ1) is 16.2. The van der Waals surface area contributed by atoms with Gasteiger partial charge in [-0.25, -0.2) is 14.2 Å². The molecule has 2 N–H and O–H groups in total. The molecule has 0 bridgehead atoms. The van der Waals surface area contributed by atoms with Gasteiger partial charge in [0.2, 0.25) is 5.78 Å². The van der Waals surface area contributed by atoms with Gasteiger partial charge in [-0.3, -0.25) is 9.69 Å². The molecule has 1 atom stereocenters. The molecule has 186 valence electrons. The Kier molecular flexibility index (Phi) is 7.12. The molecule has 1 aliphatic carbocycles. The van der Waals surface area contributed by atoms with Crippen molar-refractivity contribution in [2.45, 2.75) is 58.5 Å². The highest BCUT2D eigenvalue weighted by molar-refractivity contribution is 6.00. The Morgan fingerprint density at radius 3 is 2.68 bits per heavy atom. The van der Waals surface area contributed by atoms with Crippen LogP contribution in [0.1, 0.15) is 55.7 Å². The molecule has 0 spiro atoms. The Morgan fingerprint density at radius 2 is 2.03 bits per heavy atom. The summed E-state index contributed by atoms with van der Waals surface area (Å²) in [6, 6.07) is 4.43. The number of alkyl halides is 1. The van der Waals surface area contributed by atoms with Crippen LogP contribution in [0.4, 0.5) is 14.9 Å². The van der Waals surface area contributed by atoms with E-state index in [0.29, 0.717) is 25.2 Å². The van der Waals surface area contributed by atoms with Crippen LogP contribution in [-0.4, -0.2) is 78.8 Å². The van der Waals surface area contributed by atoms with Gasteiger partial charge in [-0.2, -0.15) is 0 Å². The number of anilines is 1. The summed E-state index contributed by atoms with van der Waals surface area (Å²) in [7, 11) is 1.35. The second kappa shape index (κ2) is 9.90. The lowest BCUT2D eigenvalue weighted by Crippen LogP contribution is -2.52. The summed E-state index contributed by atoms with van der Waals surface area (Å²) in [5, 5.41) is 2.84. The Morgan fingerprint density at radius 1 is 1.29 bits per heavy atom. The van der Waals surface area contributed by atoms with Gasteiger partial charge < -0.3 is 19.9 Å². The van der Waals surface area contributed by atoms with Crippen molar-refractivity contribution in [3.63, 3.8) is 0 Å². The number of H-pyrrole nitrogens is 1. The first-order valence-corrected chi connectivity index (χ1v) is 12.2. The molecular formula is C25H36FN5O3. The van der Waals surface area contributed by atoms with Gasteiger partial charge >= 0.3 is 6.09 Å². The van der Waals surface area contributed by atoms with E-state index in [9.17, 15) is 14.0 Å². The van der Waals surface area contributed by atoms with Crippen LogP contribution in [0.3, 0.4) is 0 Å². The van der Waals surface area contributed by atoms with Crippen LogP contribution < -0.4 is 10.2 Å². The molecular weight excluding hydrogens is 437 g/mol. The van der Waals surface area contributed by atoms with Crippen LogP contribution in [0.2, 0.25) is 0 Å². The number of piperazine rings is 1. The fourth-order valence-corrected chi connectivity index (χ4v) is 5.42. The number of aryl methyl sites for hydroxylation is 1. The number of alkyl carbamates (subject to hydrolysis) is 1. The molecule has 2 heterocycles. The largest absolute Gasteiger partial charge is 0.453 e. The highest BCUT2D eigenvalue weighted by Crippen LogP contribution is 2.39. The molecule has 8 nitrogen and oxygen atoms in total. The van der Waals surface area contributed by atoms with E-state index in [4.69, 9.17) is 4.98 Å². The number of imidazole rings is 1. The maximum Gasteiger partial charge on any atom is 0.407 e. The number of amides is 1. The number of hydrogen-bond acceptors (Lipinski definition) is 6. The van der Waals surface area contributed by atoms with Crippen molar-refractivity contribution in [2.75, 3.05) is 44.9 Å². The number of methoxy groups -OCH3 is 1. The number of fused-ring (bicyclic) bond motifs is 1. The summed E-state index contributed by atoms with van der Waals surface area (Å²) in [6.45, 7) is 8.90. The molecule has 2 aliphatic rings. The molecule has 0 radical (unpaired) electrons. The van der Waals surface area contributed by atoms with Crippen LogP contribution in [0.15, 0.2) is 12.1 Å². The van der Waals surface area contributed by atoms with E-state index >= 15 is 0 Å². The first-order valence-electron chi connectivity index (χ1n) is 12.2. The maximum atomic E-state index is 13.4. The number of aromatic amines is 1. The van der Waals surface area contributed by atoms with E-state index in [1.807, 2.05) is 6.92 Å². The molecule has 1 saturated carbocycles. The van der Waals surface area contributed by atoms with Crippen molar-refractivity contribution in [1.82, 2.24) is 20.2 Å². The van der Waals surface area contributed by atoms with Crippen LogP contribution in [0.5, 0.6) is 0 Å². The van der Waals surface area contributed by atoms with Crippen molar-refractivity contribution in [1.29, 1.82) is 0 Å². The number of hydrogen-bond donors (Lipinski definition) is 2. The number of aromatic nitrogens is 2. The molecule has 1 saturated heterocycles. The zero-order valence-corrected chi connectivity index (χ0v) is 20.6. The summed E-state index contributed by atoms with van der Waals surface area (Å²) in [6.07, 6.45) is 2.40. The van der Waals surface area contributed by atoms with E-state index in [2.05, 4.69) is 50.8 Å². The minimum absolute atomic E-state index is 0.0209. The summed E-state index contributed by atoms with van der Waals surface area (Å²) < 4.78 is 17.4. The summed E-state index contributed by atoms with van der Waals surface area (Å²) in [4.78, 5) is 37.4. The molecule has 1 aromatic heterocycles. The smallest absolute Gasteiger partial charge is 0.407 e. The maximum absolute atomic E-state index is 13.4. The molecule has 2 aromatic rings. The van der Waals surface area contributed by atoms with Crippen LogP contribution in [0, 0.1) is 12.3 Å². The van der Waals surface area contributed by atoms with Crippen molar-refractivity contribution in [2.24, 2.45) is 5.41 Å². The average Bonchev–Trinajstić information content (AvgIpc) is 3.22. The third-order valence-electron chi connectivity index (χ3n) is 7.58. The first kappa shape index (κ1) is 24.4. The topological polar surface area (TPSA) is 90.6 Å². The van der Waals surface area contributed by atoms with Gasteiger partial charge in [0.15, 0.2) is 5.82 Å². The number of ether oxygens (including phenoxy) is 1. The van der Waals surface area contributed by atoms with E-state index < -0.39 is 11.5 Å². The monoisotopic (exact) mass is 473 g/mol. The average molecular weight is 474 g/mol. The zero-order valence-electron chi connectivity index (χ0n) is 20.6. The molecule has 9 heteroatoms. The Bertz CT molecular complexity index is 1050. The van der Waals surface area contributed by atoms with Gasteiger partial charge in [0, 0.05) is 49.4 Å². The van der Waals surface area contributed by atoms with Crippen LogP contribution in [-0.2, 0) is 4.74 Å². The SMILES string of the molecule is COC(=O)NC1CCC(C)(C(=O)c2nc3cc(N4CCN(CCF)CC4C)c(C)cc3[nH]2)CC1. The van der Waals surface area contributed by atoms with Crippen molar-refractivity contribution < 1.29 is 18.7 Å². The van der Waals surface area contributed by atoms with Gasteiger partial charge in [-0.15, -0.1) is 0 Å². The normalized spacial score (nSPS) is 26.0. The molecule has 1 aromatic carbocycles. The van der Waals surface area contributed by atoms with Gasteiger partial charge in [0.1, 0.15) is 6.67 Å². The molecule has 1 aliphatic heterocycles. The lowest BCUT2D eigenvalue weighted by atomic mass is 9.71. The number of carbonyl (C=O) groups excluding carboxylic acids is 2. The zero-order chi connectivity index (χ0) is 24.5. The number of rotatable bonds is 6. The highest BCUT2D eigenvalue weighted by Gasteiger charge is 2.40. The second-order valence-electron chi connectivity index (χ2n) is 10.1. The molecule has 1 unspecified atom stereocenters. The van der Waals surface area contributed by atoms with Crippen molar-refractivity contribution in [3.05, 3.63) is 23.5 Å². The number of ketones is 1. The fourth-order valence-electron chi connectivity index (χ4n) is 5.42. The summed E-state index contributed by atoms with van der Waals surface area (Å²) in [5.41, 5.74) is 3.37. The predicted molar refractivity (Wildman–Crippen MR) is 130 cm³/mol. The van der Waals surface area contributed by atoms with E-state index in [1.54, 1.807) is 0 Å². The standard InChI is InChI=1S/C25H36FN5O3/c1-16-13-19-20(14-21(16)31-12-11-30(10-9-26)15-17(31)2)29-23(28-19)22(32)25(3)7-5-18(6-8-25)27-24(33)34-4/h13-14,17-18H,5-12,15H2,1-4H3,(H,27,33)(H,28,29). The fraction of sp³-hybridized carbons (Fsp3) is 0.640. The highest BCUT2D eigenvalue weighted by atomic mass is 19.1. The van der Waals surface area contributed by atoms with E-state index in [1.165, 1.54) is 7.11 Å². The molecule has 4 rings (SSSR count). The van der Waals surface area contributed by atoms with E-state index in [-0.39, 0.29) is 24.5 Å². The number of benzene rings is 1. The van der Waals surface area contributed by atoms with Gasteiger partial charge in [0.25, 0.3) is 0 Å². The Hall–Kier alpha value is -2.68. The van der Waals surface area contributed by atoms with E-state index in [0.717, 1.165) is 54.8 Å². The van der Waals surface area contributed by atoms with Crippen molar-refractivity contribution >= 4 is 28.6 Å². The third kappa shape index (κ3) is 4.89. The Balaban J connectivity index is 1.50. The minimum Gasteiger partial charge on any atom is -0.453 e. The molecule has 2 fully saturated rings. The number of nitrogens with zero attached hydrogens (tertiary/aromatic N) is 3. The lowest BCUT2D eigenvalue weighted by molar-refractivity contribution is 0.0715. The lowest BCUT2D eigenvalue weighted by Gasteiger charge is -2.41. The van der Waals surface area contributed by atoms with Crippen molar-refractivity contribution in [3.8, 4) is 0 Å². The number of halogens is 1.